The third kappa shape index (κ3) is 3.66. The molecule has 0 saturated carbocycles. The molecule has 4 nitrogen and oxygen atoms in total. The molecule has 1 atom stereocenters. The van der Waals surface area contributed by atoms with E-state index in [-0.39, 0.29) is 6.04 Å². The predicted molar refractivity (Wildman–Crippen MR) is 88.8 cm³/mol. The van der Waals surface area contributed by atoms with Crippen molar-refractivity contribution < 1.29 is 4.74 Å². The van der Waals surface area contributed by atoms with Crippen molar-refractivity contribution in [2.24, 2.45) is 7.05 Å². The van der Waals surface area contributed by atoms with Gasteiger partial charge in [0.1, 0.15) is 5.75 Å². The first-order valence-corrected chi connectivity index (χ1v) is 7.90. The van der Waals surface area contributed by atoms with Gasteiger partial charge in [0.2, 0.25) is 0 Å². The second kappa shape index (κ2) is 7.09. The van der Waals surface area contributed by atoms with Crippen LogP contribution in [0.25, 0.3) is 0 Å². The minimum atomic E-state index is 0.229. The number of nitrogens with one attached hydrogen (secondary N) is 1. The molecule has 0 fully saturated rings. The standard InChI is InChI=1S/C16H22BrN3O/c1-5-18-15(14-10-19-20(3)11(14)2)9-12-8-13(17)6-7-16(12)21-4/h6-8,10,15,18H,5,9H2,1-4H3. The summed E-state index contributed by atoms with van der Waals surface area (Å²) >= 11 is 3.54. The topological polar surface area (TPSA) is 39.1 Å². The van der Waals surface area contributed by atoms with Gasteiger partial charge in [0.05, 0.1) is 13.3 Å². The average Bonchev–Trinajstić information content (AvgIpc) is 2.79. The fourth-order valence-electron chi connectivity index (χ4n) is 2.52. The van der Waals surface area contributed by atoms with Gasteiger partial charge in [-0.05, 0) is 43.7 Å². The second-order valence-corrected chi connectivity index (χ2v) is 6.00. The molecule has 0 aliphatic rings. The average molecular weight is 352 g/mol. The number of halogens is 1. The van der Waals surface area contributed by atoms with Gasteiger partial charge < -0.3 is 10.1 Å². The molecule has 2 rings (SSSR count). The van der Waals surface area contributed by atoms with Gasteiger partial charge in [-0.25, -0.2) is 0 Å². The summed E-state index contributed by atoms with van der Waals surface area (Å²) < 4.78 is 8.46. The molecule has 1 aromatic heterocycles. The summed E-state index contributed by atoms with van der Waals surface area (Å²) in [6.07, 6.45) is 2.82. The van der Waals surface area contributed by atoms with Crippen LogP contribution in [0.1, 0.15) is 29.8 Å². The van der Waals surface area contributed by atoms with Gasteiger partial charge in [0, 0.05) is 28.8 Å². The summed E-state index contributed by atoms with van der Waals surface area (Å²) in [5.41, 5.74) is 3.61. The predicted octanol–water partition coefficient (Wildman–Crippen LogP) is 3.39. The maximum atomic E-state index is 5.48. The highest BCUT2D eigenvalue weighted by molar-refractivity contribution is 9.10. The molecule has 0 bridgehead atoms. The van der Waals surface area contributed by atoms with Gasteiger partial charge >= 0.3 is 0 Å². The number of likely N-dealkylation sites (N-methyl/N-ethyl adjacent to an activating group) is 1. The number of nitrogens with zero attached hydrogens (tertiary/aromatic N) is 2. The van der Waals surface area contributed by atoms with Gasteiger partial charge in [-0.1, -0.05) is 22.9 Å². The fourth-order valence-corrected chi connectivity index (χ4v) is 2.93. The summed E-state index contributed by atoms with van der Waals surface area (Å²) in [6.45, 7) is 5.14. The Labute approximate surface area is 134 Å². The Morgan fingerprint density at radius 2 is 2.19 bits per heavy atom. The monoisotopic (exact) mass is 351 g/mol. The van der Waals surface area contributed by atoms with E-state index in [0.29, 0.717) is 0 Å². The van der Waals surface area contributed by atoms with Crippen LogP contribution >= 0.6 is 15.9 Å². The molecule has 114 valence electrons. The Kier molecular flexibility index (Phi) is 5.42. The van der Waals surface area contributed by atoms with Gasteiger partial charge in [0.15, 0.2) is 0 Å². The quantitative estimate of drug-likeness (QED) is 0.866. The van der Waals surface area contributed by atoms with Gasteiger partial charge in [-0.15, -0.1) is 0 Å². The van der Waals surface area contributed by atoms with E-state index in [1.165, 1.54) is 16.8 Å². The number of hydrogen-bond donors (Lipinski definition) is 1. The van der Waals surface area contributed by atoms with Crippen LogP contribution in [-0.4, -0.2) is 23.4 Å². The number of benzene rings is 1. The first-order chi connectivity index (χ1) is 10.1. The molecule has 0 saturated heterocycles. The van der Waals surface area contributed by atoms with Crippen LogP contribution in [0.4, 0.5) is 0 Å². The third-order valence-electron chi connectivity index (χ3n) is 3.77. The maximum absolute atomic E-state index is 5.48. The van der Waals surface area contributed by atoms with E-state index in [9.17, 15) is 0 Å². The van der Waals surface area contributed by atoms with E-state index < -0.39 is 0 Å². The van der Waals surface area contributed by atoms with Crippen molar-refractivity contribution >= 4 is 15.9 Å². The van der Waals surface area contributed by atoms with E-state index in [1.807, 2.05) is 30.1 Å². The van der Waals surface area contributed by atoms with E-state index in [1.54, 1.807) is 7.11 Å². The lowest BCUT2D eigenvalue weighted by atomic mass is 9.98. The normalized spacial score (nSPS) is 12.4. The van der Waals surface area contributed by atoms with Crippen molar-refractivity contribution in [2.75, 3.05) is 13.7 Å². The summed E-state index contributed by atoms with van der Waals surface area (Å²) in [5, 5.41) is 7.91. The Morgan fingerprint density at radius 3 is 2.76 bits per heavy atom. The molecule has 1 heterocycles. The molecule has 0 spiro atoms. The Balaban J connectivity index is 2.32. The van der Waals surface area contributed by atoms with Gasteiger partial charge in [-0.3, -0.25) is 4.68 Å². The first kappa shape index (κ1) is 16.0. The van der Waals surface area contributed by atoms with Crippen LogP contribution in [0.2, 0.25) is 0 Å². The van der Waals surface area contributed by atoms with Crippen molar-refractivity contribution in [3.05, 3.63) is 45.7 Å². The Bertz CT molecular complexity index is 610. The molecule has 2 aromatic rings. The van der Waals surface area contributed by atoms with Crippen molar-refractivity contribution in [1.29, 1.82) is 0 Å². The van der Waals surface area contributed by atoms with E-state index >= 15 is 0 Å². The zero-order valence-corrected chi connectivity index (χ0v) is 14.6. The summed E-state index contributed by atoms with van der Waals surface area (Å²) in [5.74, 6) is 0.919. The lowest BCUT2D eigenvalue weighted by Gasteiger charge is -2.19. The van der Waals surface area contributed by atoms with Crippen LogP contribution < -0.4 is 10.1 Å². The van der Waals surface area contributed by atoms with E-state index in [2.05, 4.69) is 46.3 Å². The number of rotatable bonds is 6. The largest absolute Gasteiger partial charge is 0.496 e. The molecular formula is C16H22BrN3O. The smallest absolute Gasteiger partial charge is 0.122 e. The van der Waals surface area contributed by atoms with Crippen LogP contribution in [-0.2, 0) is 13.5 Å². The zero-order valence-electron chi connectivity index (χ0n) is 13.0. The van der Waals surface area contributed by atoms with E-state index in [0.717, 1.165) is 23.2 Å². The molecule has 21 heavy (non-hydrogen) atoms. The highest BCUT2D eigenvalue weighted by atomic mass is 79.9. The van der Waals surface area contributed by atoms with Crippen LogP contribution in [0.15, 0.2) is 28.9 Å². The SMILES string of the molecule is CCNC(Cc1cc(Br)ccc1OC)c1cnn(C)c1C. The molecule has 0 aliphatic carbocycles. The summed E-state index contributed by atoms with van der Waals surface area (Å²) in [6, 6.07) is 6.35. The minimum Gasteiger partial charge on any atom is -0.496 e. The van der Waals surface area contributed by atoms with E-state index in [4.69, 9.17) is 4.74 Å². The number of aromatic nitrogens is 2. The van der Waals surface area contributed by atoms with Crippen molar-refractivity contribution in [2.45, 2.75) is 26.3 Å². The van der Waals surface area contributed by atoms with Crippen LogP contribution in [0, 0.1) is 6.92 Å². The Hall–Kier alpha value is -1.33. The van der Waals surface area contributed by atoms with Crippen molar-refractivity contribution in [3.8, 4) is 5.75 Å². The molecule has 0 radical (unpaired) electrons. The van der Waals surface area contributed by atoms with Crippen molar-refractivity contribution in [3.63, 3.8) is 0 Å². The van der Waals surface area contributed by atoms with Crippen LogP contribution in [0.3, 0.4) is 0 Å². The highest BCUT2D eigenvalue weighted by Crippen LogP contribution is 2.29. The molecule has 0 amide bonds. The number of methoxy groups -OCH3 is 1. The van der Waals surface area contributed by atoms with Gasteiger partial charge in [0.25, 0.3) is 0 Å². The summed E-state index contributed by atoms with van der Waals surface area (Å²) in [4.78, 5) is 0. The lowest BCUT2D eigenvalue weighted by molar-refractivity contribution is 0.405. The van der Waals surface area contributed by atoms with Crippen LogP contribution in [0.5, 0.6) is 5.75 Å². The molecular weight excluding hydrogens is 330 g/mol. The molecule has 1 unspecified atom stereocenters. The lowest BCUT2D eigenvalue weighted by Crippen LogP contribution is -2.23. The molecule has 1 N–H and O–H groups in total. The number of aryl methyl sites for hydroxylation is 1. The second-order valence-electron chi connectivity index (χ2n) is 5.08. The third-order valence-corrected chi connectivity index (χ3v) is 4.26. The number of ether oxygens (including phenoxy) is 1. The molecule has 0 aliphatic heterocycles. The van der Waals surface area contributed by atoms with Crippen molar-refractivity contribution in [1.82, 2.24) is 15.1 Å². The fraction of sp³-hybridized carbons (Fsp3) is 0.438. The highest BCUT2D eigenvalue weighted by Gasteiger charge is 2.18. The molecule has 5 heteroatoms. The summed E-state index contributed by atoms with van der Waals surface area (Å²) in [7, 11) is 3.69. The zero-order chi connectivity index (χ0) is 15.4. The maximum Gasteiger partial charge on any atom is 0.122 e. The Morgan fingerprint density at radius 1 is 1.43 bits per heavy atom. The number of hydrogen-bond acceptors (Lipinski definition) is 3. The van der Waals surface area contributed by atoms with Gasteiger partial charge in [-0.2, -0.15) is 5.10 Å². The molecule has 1 aromatic carbocycles. The minimum absolute atomic E-state index is 0.229. The first-order valence-electron chi connectivity index (χ1n) is 7.11.